The van der Waals surface area contributed by atoms with E-state index in [4.69, 9.17) is 26.9 Å². The molecule has 0 spiro atoms. The molecule has 0 saturated heterocycles. The summed E-state index contributed by atoms with van der Waals surface area (Å²) in [4.78, 5) is 50.9. The number of halogens is 1. The van der Waals surface area contributed by atoms with Crippen molar-refractivity contribution in [3.05, 3.63) is 192 Å². The standard InChI is InChI=1S/C22H19N3O3.C21H16ClN3O2/c1-15-6-11-20(21(26)24-14-16-7-9-19(28-2)10-8-16)22(27)25(15)18-5-3-4-17(12-18)13-23;1-14-8-9-19(20(26)24-13-16-5-2-6-17(22)10-16)21(27)25(14)18-7-3-4-15(11-18)12-23/h3-12H,14H2,1-2H3,(H,24,26);2-11H,13H2,1H3,(H,24,26). The average molecular weight is 751 g/mol. The Balaban J connectivity index is 0.000000211. The Morgan fingerprint density at radius 1 is 0.636 bits per heavy atom. The number of benzene rings is 4. The van der Waals surface area contributed by atoms with Crippen LogP contribution in [0.15, 0.2) is 131 Å². The highest BCUT2D eigenvalue weighted by atomic mass is 35.5. The summed E-state index contributed by atoms with van der Waals surface area (Å²) in [6.45, 7) is 4.10. The zero-order valence-corrected chi connectivity index (χ0v) is 30.9. The van der Waals surface area contributed by atoms with E-state index in [9.17, 15) is 19.2 Å². The quantitative estimate of drug-likeness (QED) is 0.169. The number of carbonyl (C=O) groups is 2. The van der Waals surface area contributed by atoms with Gasteiger partial charge < -0.3 is 15.4 Å². The first-order chi connectivity index (χ1) is 26.5. The zero-order chi connectivity index (χ0) is 39.5. The van der Waals surface area contributed by atoms with Crippen molar-refractivity contribution in [3.8, 4) is 29.3 Å². The Labute approximate surface area is 322 Å². The molecule has 2 aromatic heterocycles. The molecule has 0 unspecified atom stereocenters. The molecule has 274 valence electrons. The fraction of sp³-hybridized carbons (Fsp3) is 0.116. The van der Waals surface area contributed by atoms with Crippen LogP contribution in [0.4, 0.5) is 0 Å². The summed E-state index contributed by atoms with van der Waals surface area (Å²) in [6.07, 6.45) is 0. The van der Waals surface area contributed by atoms with Crippen molar-refractivity contribution in [2.24, 2.45) is 0 Å². The van der Waals surface area contributed by atoms with E-state index < -0.39 is 22.9 Å². The van der Waals surface area contributed by atoms with E-state index in [0.29, 0.717) is 45.5 Å². The van der Waals surface area contributed by atoms with Crippen molar-refractivity contribution >= 4 is 23.4 Å². The topological polar surface area (TPSA) is 159 Å². The van der Waals surface area contributed by atoms with E-state index in [2.05, 4.69) is 22.8 Å². The van der Waals surface area contributed by atoms with Gasteiger partial charge in [0, 0.05) is 29.5 Å². The lowest BCUT2D eigenvalue weighted by atomic mass is 10.1. The molecule has 4 aromatic carbocycles. The van der Waals surface area contributed by atoms with Gasteiger partial charge in [0.25, 0.3) is 22.9 Å². The summed E-state index contributed by atoms with van der Waals surface area (Å²) in [6, 6.07) is 38.4. The van der Waals surface area contributed by atoms with Crippen LogP contribution < -0.4 is 26.5 Å². The Morgan fingerprint density at radius 2 is 1.11 bits per heavy atom. The van der Waals surface area contributed by atoms with Crippen LogP contribution in [-0.2, 0) is 13.1 Å². The minimum absolute atomic E-state index is 0.0324. The van der Waals surface area contributed by atoms with Gasteiger partial charge in [-0.25, -0.2) is 0 Å². The van der Waals surface area contributed by atoms with Crippen LogP contribution >= 0.6 is 11.6 Å². The number of amides is 2. The first-order valence-corrected chi connectivity index (χ1v) is 17.3. The highest BCUT2D eigenvalue weighted by Crippen LogP contribution is 2.15. The number of pyridine rings is 2. The number of carbonyl (C=O) groups excluding carboxylic acids is 2. The van der Waals surface area contributed by atoms with Gasteiger partial charge in [-0.3, -0.25) is 28.3 Å². The van der Waals surface area contributed by atoms with Gasteiger partial charge in [0.2, 0.25) is 0 Å². The fourth-order valence-corrected chi connectivity index (χ4v) is 5.84. The van der Waals surface area contributed by atoms with Crippen LogP contribution in [0.25, 0.3) is 11.4 Å². The molecule has 0 aliphatic carbocycles. The number of methoxy groups -OCH3 is 1. The second kappa shape index (κ2) is 18.0. The second-order valence-corrected chi connectivity index (χ2v) is 12.7. The predicted octanol–water partition coefficient (Wildman–Crippen LogP) is 6.56. The van der Waals surface area contributed by atoms with E-state index in [1.165, 1.54) is 21.3 Å². The molecule has 0 saturated carbocycles. The van der Waals surface area contributed by atoms with Crippen LogP contribution in [0.3, 0.4) is 0 Å². The highest BCUT2D eigenvalue weighted by molar-refractivity contribution is 6.30. The lowest BCUT2D eigenvalue weighted by Gasteiger charge is -2.12. The number of nitriles is 2. The largest absolute Gasteiger partial charge is 0.497 e. The minimum Gasteiger partial charge on any atom is -0.497 e. The van der Waals surface area contributed by atoms with Crippen molar-refractivity contribution < 1.29 is 14.3 Å². The van der Waals surface area contributed by atoms with Gasteiger partial charge in [-0.15, -0.1) is 0 Å². The van der Waals surface area contributed by atoms with E-state index in [1.807, 2.05) is 30.3 Å². The normalized spacial score (nSPS) is 10.2. The number of nitrogens with zero attached hydrogens (tertiary/aromatic N) is 4. The molecule has 2 heterocycles. The van der Waals surface area contributed by atoms with Gasteiger partial charge in [-0.2, -0.15) is 10.5 Å². The Kier molecular flexibility index (Phi) is 12.8. The predicted molar refractivity (Wildman–Crippen MR) is 210 cm³/mol. The molecule has 0 fully saturated rings. The molecule has 12 heteroatoms. The van der Waals surface area contributed by atoms with Crippen LogP contribution in [0.5, 0.6) is 5.75 Å². The molecular formula is C43H35ClN6O5. The molecule has 6 aromatic rings. The third kappa shape index (κ3) is 9.62. The second-order valence-electron chi connectivity index (χ2n) is 12.2. The molecule has 0 aliphatic heterocycles. The molecule has 0 bridgehead atoms. The van der Waals surface area contributed by atoms with Crippen LogP contribution in [0.1, 0.15) is 54.4 Å². The zero-order valence-electron chi connectivity index (χ0n) is 30.2. The number of nitrogens with one attached hydrogen (secondary N) is 2. The monoisotopic (exact) mass is 750 g/mol. The summed E-state index contributed by atoms with van der Waals surface area (Å²) in [7, 11) is 1.59. The minimum atomic E-state index is -0.467. The molecule has 55 heavy (non-hydrogen) atoms. The molecule has 2 N–H and O–H groups in total. The van der Waals surface area contributed by atoms with Gasteiger partial charge in [0.15, 0.2) is 0 Å². The first-order valence-electron chi connectivity index (χ1n) is 16.9. The number of aryl methyl sites for hydroxylation is 2. The first kappa shape index (κ1) is 39.0. The Hall–Kier alpha value is -7.21. The van der Waals surface area contributed by atoms with Crippen molar-refractivity contribution in [3.63, 3.8) is 0 Å². The van der Waals surface area contributed by atoms with Gasteiger partial charge in [-0.1, -0.05) is 48.0 Å². The van der Waals surface area contributed by atoms with Crippen molar-refractivity contribution in [2.75, 3.05) is 7.11 Å². The highest BCUT2D eigenvalue weighted by Gasteiger charge is 2.17. The van der Waals surface area contributed by atoms with Crippen LogP contribution in [-0.4, -0.2) is 28.1 Å². The number of hydrogen-bond donors (Lipinski definition) is 2. The molecule has 0 atom stereocenters. The number of hydrogen-bond acceptors (Lipinski definition) is 7. The van der Waals surface area contributed by atoms with Crippen molar-refractivity contribution in [2.45, 2.75) is 26.9 Å². The smallest absolute Gasteiger partial charge is 0.268 e. The molecule has 0 radical (unpaired) electrons. The Bertz CT molecular complexity index is 2580. The lowest BCUT2D eigenvalue weighted by molar-refractivity contribution is 0.0941. The third-order valence-electron chi connectivity index (χ3n) is 8.47. The van der Waals surface area contributed by atoms with Gasteiger partial charge >= 0.3 is 0 Å². The number of ether oxygens (including phenoxy) is 1. The van der Waals surface area contributed by atoms with Gasteiger partial charge in [0.05, 0.1) is 41.7 Å². The van der Waals surface area contributed by atoms with Gasteiger partial charge in [-0.05, 0) is 110 Å². The maximum Gasteiger partial charge on any atom is 0.268 e. The third-order valence-corrected chi connectivity index (χ3v) is 8.70. The maximum atomic E-state index is 12.9. The number of aromatic nitrogens is 2. The fourth-order valence-electron chi connectivity index (χ4n) is 5.62. The molecule has 2 amide bonds. The molecule has 6 rings (SSSR count). The maximum absolute atomic E-state index is 12.9. The molecular weight excluding hydrogens is 716 g/mol. The summed E-state index contributed by atoms with van der Waals surface area (Å²) < 4.78 is 7.97. The van der Waals surface area contributed by atoms with E-state index in [0.717, 1.165) is 16.9 Å². The summed E-state index contributed by atoms with van der Waals surface area (Å²) in [5.41, 5.74) is 4.25. The summed E-state index contributed by atoms with van der Waals surface area (Å²) in [5, 5.41) is 24.3. The Morgan fingerprint density at radius 3 is 1.56 bits per heavy atom. The van der Waals surface area contributed by atoms with Crippen molar-refractivity contribution in [1.29, 1.82) is 10.5 Å². The summed E-state index contributed by atoms with van der Waals surface area (Å²) >= 11 is 5.94. The molecule has 0 aliphatic rings. The van der Waals surface area contributed by atoms with E-state index in [1.54, 1.807) is 99.8 Å². The van der Waals surface area contributed by atoms with E-state index in [-0.39, 0.29) is 17.7 Å². The van der Waals surface area contributed by atoms with Gasteiger partial charge in [0.1, 0.15) is 16.9 Å². The van der Waals surface area contributed by atoms with E-state index >= 15 is 0 Å². The van der Waals surface area contributed by atoms with Crippen molar-refractivity contribution in [1.82, 2.24) is 19.8 Å². The lowest BCUT2D eigenvalue weighted by Crippen LogP contribution is -2.33. The molecule has 11 nitrogen and oxygen atoms in total. The van der Waals surface area contributed by atoms with Crippen LogP contribution in [0.2, 0.25) is 5.02 Å². The SMILES string of the molecule is COc1ccc(CNC(=O)c2ccc(C)n(-c3cccc(C#N)c3)c2=O)cc1.Cc1ccc(C(=O)NCc2cccc(Cl)c2)c(=O)n1-c1cccc(C#N)c1. The summed E-state index contributed by atoms with van der Waals surface area (Å²) in [5.74, 6) is -0.188. The average Bonchev–Trinajstić information content (AvgIpc) is 3.20. The number of rotatable bonds is 9. The van der Waals surface area contributed by atoms with Crippen LogP contribution in [0, 0.1) is 36.5 Å².